The second-order valence-corrected chi connectivity index (χ2v) is 7.64. The molecule has 6 heteroatoms. The van der Waals surface area contributed by atoms with E-state index in [0.717, 1.165) is 36.2 Å². The number of H-pyrrole nitrogens is 1. The lowest BCUT2D eigenvalue weighted by Crippen LogP contribution is -2.29. The van der Waals surface area contributed by atoms with Gasteiger partial charge in [0.2, 0.25) is 5.91 Å². The van der Waals surface area contributed by atoms with Gasteiger partial charge in [0.15, 0.2) is 5.65 Å². The molecule has 4 rings (SSSR count). The standard InChI is InChI=1S/C22H26N4O2/c1-14-17(15(2)26-20(23-14)13-22(28)25-26)11-12-21(27)24-19-10-6-4-8-16-7-3-5-9-18(16)19/h3,5,7,9,13,19H,4,6,8,10-12H2,1-2H3,(H,24,27)(H,25,28). The molecule has 1 amide bonds. The van der Waals surface area contributed by atoms with Gasteiger partial charge >= 0.3 is 0 Å². The number of amides is 1. The predicted molar refractivity (Wildman–Crippen MR) is 108 cm³/mol. The summed E-state index contributed by atoms with van der Waals surface area (Å²) in [5.41, 5.74) is 5.86. The first-order chi connectivity index (χ1) is 13.5. The van der Waals surface area contributed by atoms with Crippen molar-refractivity contribution in [3.05, 3.63) is 68.8 Å². The van der Waals surface area contributed by atoms with E-state index in [9.17, 15) is 9.59 Å². The van der Waals surface area contributed by atoms with Crippen molar-refractivity contribution in [3.8, 4) is 0 Å². The molecule has 1 aliphatic rings. The van der Waals surface area contributed by atoms with Crippen LogP contribution in [-0.4, -0.2) is 20.5 Å². The summed E-state index contributed by atoms with van der Waals surface area (Å²) < 4.78 is 1.70. The Morgan fingerprint density at radius 2 is 2.11 bits per heavy atom. The Kier molecular flexibility index (Phi) is 5.03. The number of nitrogens with one attached hydrogen (secondary N) is 2. The molecular weight excluding hydrogens is 352 g/mol. The van der Waals surface area contributed by atoms with Crippen molar-refractivity contribution in [3.63, 3.8) is 0 Å². The maximum absolute atomic E-state index is 12.7. The molecule has 3 aromatic rings. The van der Waals surface area contributed by atoms with Crippen LogP contribution < -0.4 is 10.9 Å². The molecule has 0 spiro atoms. The van der Waals surface area contributed by atoms with Crippen LogP contribution in [0.25, 0.3) is 5.65 Å². The third-order valence-electron chi connectivity index (χ3n) is 5.76. The van der Waals surface area contributed by atoms with Gasteiger partial charge in [-0.25, -0.2) is 9.50 Å². The number of nitrogens with zero attached hydrogens (tertiary/aromatic N) is 2. The van der Waals surface area contributed by atoms with E-state index in [1.165, 1.54) is 23.6 Å². The number of aromatic amines is 1. The van der Waals surface area contributed by atoms with Crippen LogP contribution in [-0.2, 0) is 17.6 Å². The van der Waals surface area contributed by atoms with Crippen LogP contribution in [0.1, 0.15) is 59.8 Å². The van der Waals surface area contributed by atoms with Gasteiger partial charge in [-0.15, -0.1) is 0 Å². The molecule has 28 heavy (non-hydrogen) atoms. The summed E-state index contributed by atoms with van der Waals surface area (Å²) in [4.78, 5) is 28.8. The molecule has 0 fully saturated rings. The van der Waals surface area contributed by atoms with Crippen molar-refractivity contribution in [2.75, 3.05) is 0 Å². The Hall–Kier alpha value is -2.89. The van der Waals surface area contributed by atoms with Gasteiger partial charge in [-0.3, -0.25) is 14.7 Å². The number of rotatable bonds is 4. The van der Waals surface area contributed by atoms with Crippen molar-refractivity contribution in [1.29, 1.82) is 0 Å². The average Bonchev–Trinajstić information content (AvgIpc) is 2.92. The molecular formula is C22H26N4O2. The quantitative estimate of drug-likeness (QED) is 0.685. The Bertz CT molecular complexity index is 1080. The van der Waals surface area contributed by atoms with Gasteiger partial charge in [-0.05, 0) is 56.2 Å². The number of hydrogen-bond acceptors (Lipinski definition) is 3. The van der Waals surface area contributed by atoms with Gasteiger partial charge in [0.1, 0.15) is 0 Å². The molecule has 6 nitrogen and oxygen atoms in total. The SMILES string of the molecule is Cc1nc2cc(=O)[nH]n2c(C)c1CCC(=O)NC1CCCCc2ccccc21. The monoisotopic (exact) mass is 378 g/mol. The minimum atomic E-state index is -0.170. The smallest absolute Gasteiger partial charge is 0.266 e. The highest BCUT2D eigenvalue weighted by Crippen LogP contribution is 2.28. The molecule has 1 unspecified atom stereocenters. The second kappa shape index (κ2) is 7.62. The van der Waals surface area contributed by atoms with E-state index >= 15 is 0 Å². The molecule has 146 valence electrons. The van der Waals surface area contributed by atoms with Crippen molar-refractivity contribution in [2.24, 2.45) is 0 Å². The molecule has 0 radical (unpaired) electrons. The summed E-state index contributed by atoms with van der Waals surface area (Å²) in [5.74, 6) is 0.0570. The molecule has 2 aromatic heterocycles. The molecule has 0 bridgehead atoms. The Labute approximate surface area is 164 Å². The maximum atomic E-state index is 12.7. The number of benzene rings is 1. The third-order valence-corrected chi connectivity index (χ3v) is 5.76. The molecule has 1 aliphatic carbocycles. The lowest BCUT2D eigenvalue weighted by molar-refractivity contribution is -0.121. The van der Waals surface area contributed by atoms with E-state index in [1.807, 2.05) is 13.8 Å². The summed E-state index contributed by atoms with van der Waals surface area (Å²) in [6, 6.07) is 10.0. The van der Waals surface area contributed by atoms with Crippen molar-refractivity contribution < 1.29 is 4.79 Å². The number of carbonyl (C=O) groups excluding carboxylic acids is 1. The van der Waals surface area contributed by atoms with Gasteiger partial charge in [-0.2, -0.15) is 0 Å². The predicted octanol–water partition coefficient (Wildman–Crippen LogP) is 3.16. The molecule has 0 saturated heterocycles. The Morgan fingerprint density at radius 1 is 1.29 bits per heavy atom. The second-order valence-electron chi connectivity index (χ2n) is 7.64. The zero-order valence-corrected chi connectivity index (χ0v) is 16.4. The normalized spacial score (nSPS) is 16.6. The van der Waals surface area contributed by atoms with E-state index in [4.69, 9.17) is 0 Å². The van der Waals surface area contributed by atoms with Crippen LogP contribution >= 0.6 is 0 Å². The van der Waals surface area contributed by atoms with E-state index in [0.29, 0.717) is 18.5 Å². The van der Waals surface area contributed by atoms with Gasteiger partial charge < -0.3 is 5.32 Å². The van der Waals surface area contributed by atoms with Gasteiger partial charge in [0.25, 0.3) is 5.56 Å². The number of carbonyl (C=O) groups is 1. The van der Waals surface area contributed by atoms with E-state index < -0.39 is 0 Å². The summed E-state index contributed by atoms with van der Waals surface area (Å²) in [6.07, 6.45) is 5.36. The van der Waals surface area contributed by atoms with Crippen LogP contribution in [0.4, 0.5) is 0 Å². The Balaban J connectivity index is 1.48. The molecule has 1 aromatic carbocycles. The molecule has 2 heterocycles. The highest BCUT2D eigenvalue weighted by molar-refractivity contribution is 5.77. The van der Waals surface area contributed by atoms with Crippen LogP contribution in [0.5, 0.6) is 0 Å². The van der Waals surface area contributed by atoms with Gasteiger partial charge in [0, 0.05) is 23.9 Å². The van der Waals surface area contributed by atoms with E-state index in [-0.39, 0.29) is 17.5 Å². The minimum Gasteiger partial charge on any atom is -0.349 e. The maximum Gasteiger partial charge on any atom is 0.266 e. The molecule has 1 atom stereocenters. The van der Waals surface area contributed by atoms with Crippen molar-refractivity contribution in [2.45, 2.75) is 58.4 Å². The summed E-state index contributed by atoms with van der Waals surface area (Å²) in [6.45, 7) is 3.88. The Morgan fingerprint density at radius 3 is 2.96 bits per heavy atom. The average molecular weight is 378 g/mol. The van der Waals surface area contributed by atoms with E-state index in [1.54, 1.807) is 4.52 Å². The van der Waals surface area contributed by atoms with Crippen LogP contribution in [0.3, 0.4) is 0 Å². The zero-order valence-electron chi connectivity index (χ0n) is 16.4. The fourth-order valence-electron chi connectivity index (χ4n) is 4.29. The molecule has 0 saturated carbocycles. The highest BCUT2D eigenvalue weighted by Gasteiger charge is 2.20. The minimum absolute atomic E-state index is 0.0570. The largest absolute Gasteiger partial charge is 0.349 e. The first-order valence-electron chi connectivity index (χ1n) is 9.98. The van der Waals surface area contributed by atoms with Gasteiger partial charge in [0.05, 0.1) is 6.04 Å². The number of aromatic nitrogens is 3. The lowest BCUT2D eigenvalue weighted by atomic mass is 9.98. The topological polar surface area (TPSA) is 79.3 Å². The first kappa shape index (κ1) is 18.5. The zero-order chi connectivity index (χ0) is 19.7. The van der Waals surface area contributed by atoms with Crippen molar-refractivity contribution in [1.82, 2.24) is 19.9 Å². The number of fused-ring (bicyclic) bond motifs is 2. The summed E-state index contributed by atoms with van der Waals surface area (Å²) in [5, 5.41) is 6.01. The van der Waals surface area contributed by atoms with E-state index in [2.05, 4.69) is 39.7 Å². The number of aryl methyl sites for hydroxylation is 3. The third kappa shape index (κ3) is 3.59. The first-order valence-corrected chi connectivity index (χ1v) is 9.98. The summed E-state index contributed by atoms with van der Waals surface area (Å²) >= 11 is 0. The fraction of sp³-hybridized carbons (Fsp3) is 0.409. The highest BCUT2D eigenvalue weighted by atomic mass is 16.1. The van der Waals surface area contributed by atoms with Gasteiger partial charge in [-0.1, -0.05) is 30.7 Å². The molecule has 2 N–H and O–H groups in total. The lowest BCUT2D eigenvalue weighted by Gasteiger charge is -2.20. The molecule has 0 aliphatic heterocycles. The van der Waals surface area contributed by atoms with Crippen molar-refractivity contribution >= 4 is 11.6 Å². The van der Waals surface area contributed by atoms with Crippen LogP contribution in [0, 0.1) is 13.8 Å². The fourth-order valence-corrected chi connectivity index (χ4v) is 4.29. The van der Waals surface area contributed by atoms with Crippen LogP contribution in [0.15, 0.2) is 35.1 Å². The number of hydrogen-bond donors (Lipinski definition) is 2. The van der Waals surface area contributed by atoms with Crippen LogP contribution in [0.2, 0.25) is 0 Å². The summed E-state index contributed by atoms with van der Waals surface area (Å²) in [7, 11) is 0.